The second kappa shape index (κ2) is 17.4. The summed E-state index contributed by atoms with van der Waals surface area (Å²) in [6.07, 6.45) is -0.521. The maximum atomic E-state index is 14.1. The van der Waals surface area contributed by atoms with Crippen molar-refractivity contribution < 1.29 is 38.6 Å². The Kier molecular flexibility index (Phi) is 13.3. The number of carbonyl (C=O) groups is 3. The van der Waals surface area contributed by atoms with Gasteiger partial charge in [0.15, 0.2) is 0 Å². The number of amides is 3. The van der Waals surface area contributed by atoms with Gasteiger partial charge in [-0.2, -0.15) is 0 Å². The highest BCUT2D eigenvalue weighted by Crippen LogP contribution is 2.28. The lowest BCUT2D eigenvalue weighted by atomic mass is 9.85. The monoisotopic (exact) mass is 697 g/mol. The van der Waals surface area contributed by atoms with Gasteiger partial charge in [0, 0.05) is 18.7 Å². The summed E-state index contributed by atoms with van der Waals surface area (Å²) in [6, 6.07) is 11.5. The first-order chi connectivity index (χ1) is 23.3. The minimum atomic E-state index is -1.05. The van der Waals surface area contributed by atoms with E-state index in [1.165, 1.54) is 35.6 Å². The van der Waals surface area contributed by atoms with Gasteiger partial charge in [0.2, 0.25) is 11.8 Å². The van der Waals surface area contributed by atoms with Gasteiger partial charge >= 0.3 is 0 Å². The Bertz CT molecular complexity index is 1570. The topological polar surface area (TPSA) is 182 Å². The van der Waals surface area contributed by atoms with Crippen molar-refractivity contribution in [2.24, 2.45) is 5.41 Å². The van der Waals surface area contributed by atoms with Crippen LogP contribution in [0, 0.1) is 22.5 Å². The predicted molar refractivity (Wildman–Crippen MR) is 182 cm³/mol. The summed E-state index contributed by atoms with van der Waals surface area (Å²) in [5, 5.41) is 26.6. The molecule has 3 N–H and O–H groups in total. The highest BCUT2D eigenvalue weighted by atomic mass is 32.1. The molecular formula is C34H43N5O9S. The van der Waals surface area contributed by atoms with Crippen molar-refractivity contribution in [2.75, 3.05) is 39.6 Å². The van der Waals surface area contributed by atoms with Gasteiger partial charge in [-0.15, -0.1) is 11.3 Å². The second-order valence-corrected chi connectivity index (χ2v) is 13.6. The zero-order chi connectivity index (χ0) is 35.6. The molecule has 264 valence electrons. The van der Waals surface area contributed by atoms with Crippen LogP contribution in [0.15, 0.2) is 54.0 Å². The van der Waals surface area contributed by atoms with E-state index < -0.39 is 46.2 Å². The Morgan fingerprint density at radius 3 is 2.35 bits per heavy atom. The van der Waals surface area contributed by atoms with Crippen molar-refractivity contribution in [3.05, 3.63) is 75.4 Å². The maximum absolute atomic E-state index is 14.1. The molecule has 3 atom stereocenters. The number of benzene rings is 2. The van der Waals surface area contributed by atoms with Gasteiger partial charge < -0.3 is 30.0 Å². The highest BCUT2D eigenvalue weighted by molar-refractivity contribution is 7.13. The molecule has 0 saturated carbocycles. The van der Waals surface area contributed by atoms with Crippen LogP contribution in [0.25, 0.3) is 10.4 Å². The molecule has 3 aromatic rings. The minimum absolute atomic E-state index is 0.0158. The average molecular weight is 698 g/mol. The number of aliphatic hydroxyl groups excluding tert-OH is 1. The van der Waals surface area contributed by atoms with Crippen molar-refractivity contribution in [3.8, 4) is 16.2 Å². The number of aliphatic hydroxyl groups is 1. The van der Waals surface area contributed by atoms with Crippen LogP contribution in [0.2, 0.25) is 0 Å². The molecule has 49 heavy (non-hydrogen) atoms. The van der Waals surface area contributed by atoms with Crippen LogP contribution >= 0.6 is 11.3 Å². The number of rotatable bonds is 16. The average Bonchev–Trinajstić information content (AvgIpc) is 3.71. The SMILES string of the molecule is Cc1ncsc1-c1ccc(CN(C(=O)C2CC(O)CN2)C(=O)[C@@H](NC(=O)COCCOCCOc2ccc([N+](=O)[O-])cc2)C(C)(C)C)cc1. The molecule has 2 aromatic carbocycles. The lowest BCUT2D eigenvalue weighted by Gasteiger charge is -2.35. The van der Waals surface area contributed by atoms with Crippen LogP contribution in [-0.4, -0.2) is 95.4 Å². The molecule has 1 aliphatic heterocycles. The first-order valence-electron chi connectivity index (χ1n) is 15.9. The number of imide groups is 1. The largest absolute Gasteiger partial charge is 0.491 e. The summed E-state index contributed by atoms with van der Waals surface area (Å²) in [7, 11) is 0. The normalized spacial score (nSPS) is 16.6. The molecule has 1 aromatic heterocycles. The number of nitro benzene ring substituents is 1. The van der Waals surface area contributed by atoms with E-state index in [4.69, 9.17) is 14.2 Å². The van der Waals surface area contributed by atoms with E-state index in [2.05, 4.69) is 15.6 Å². The van der Waals surface area contributed by atoms with Gasteiger partial charge in [0.25, 0.3) is 11.6 Å². The lowest BCUT2D eigenvalue weighted by Crippen LogP contribution is -2.58. The molecule has 14 nitrogen and oxygen atoms in total. The first-order valence-corrected chi connectivity index (χ1v) is 16.8. The molecule has 1 fully saturated rings. The van der Waals surface area contributed by atoms with Crippen molar-refractivity contribution >= 4 is 34.7 Å². The molecule has 0 bridgehead atoms. The fourth-order valence-corrected chi connectivity index (χ4v) is 5.97. The lowest BCUT2D eigenvalue weighted by molar-refractivity contribution is -0.384. The number of ether oxygens (including phenoxy) is 3. The number of β-amino-alcohol motifs (C(OH)–C–C–N with tert-alkyl or cyclic N) is 1. The van der Waals surface area contributed by atoms with E-state index in [9.17, 15) is 29.6 Å². The van der Waals surface area contributed by atoms with Crippen molar-refractivity contribution in [3.63, 3.8) is 0 Å². The van der Waals surface area contributed by atoms with Crippen molar-refractivity contribution in [1.82, 2.24) is 20.5 Å². The summed E-state index contributed by atoms with van der Waals surface area (Å²) < 4.78 is 16.4. The van der Waals surface area contributed by atoms with E-state index in [0.717, 1.165) is 26.6 Å². The molecule has 0 radical (unpaired) electrons. The number of nitrogens with one attached hydrogen (secondary N) is 2. The van der Waals surface area contributed by atoms with Gasteiger partial charge in [0.05, 0.1) is 59.5 Å². The number of aromatic nitrogens is 1. The minimum Gasteiger partial charge on any atom is -0.491 e. The van der Waals surface area contributed by atoms with Crippen LogP contribution in [0.3, 0.4) is 0 Å². The third kappa shape index (κ3) is 10.9. The third-order valence-corrected chi connectivity index (χ3v) is 8.79. The Labute approximate surface area is 288 Å². The van der Waals surface area contributed by atoms with Crippen LogP contribution in [-0.2, 0) is 30.4 Å². The number of hydrogen-bond acceptors (Lipinski definition) is 12. The molecule has 0 aliphatic carbocycles. The van der Waals surface area contributed by atoms with E-state index in [1.54, 1.807) is 26.3 Å². The number of thiazole rings is 1. The second-order valence-electron chi connectivity index (χ2n) is 12.7. The molecule has 0 spiro atoms. The molecule has 2 unspecified atom stereocenters. The molecule has 4 rings (SSSR count). The van der Waals surface area contributed by atoms with E-state index >= 15 is 0 Å². The molecule has 1 saturated heterocycles. The Hall–Kier alpha value is -4.28. The predicted octanol–water partition coefficient (Wildman–Crippen LogP) is 3.25. The molecule has 1 aliphatic rings. The number of hydrogen-bond donors (Lipinski definition) is 3. The summed E-state index contributed by atoms with van der Waals surface area (Å²) in [5.41, 5.74) is 3.63. The van der Waals surface area contributed by atoms with Crippen LogP contribution < -0.4 is 15.4 Å². The van der Waals surface area contributed by atoms with E-state index in [-0.39, 0.29) is 58.2 Å². The van der Waals surface area contributed by atoms with Crippen LogP contribution in [0.1, 0.15) is 38.4 Å². The summed E-state index contributed by atoms with van der Waals surface area (Å²) in [6.45, 7) is 7.98. The fourth-order valence-electron chi connectivity index (χ4n) is 5.16. The van der Waals surface area contributed by atoms with Crippen LogP contribution in [0.4, 0.5) is 5.69 Å². The zero-order valence-corrected chi connectivity index (χ0v) is 28.9. The number of nitrogens with zero attached hydrogens (tertiary/aromatic N) is 3. The summed E-state index contributed by atoms with van der Waals surface area (Å²) >= 11 is 1.53. The van der Waals surface area contributed by atoms with E-state index in [1.807, 2.05) is 31.2 Å². The summed E-state index contributed by atoms with van der Waals surface area (Å²) in [4.78, 5) is 57.6. The van der Waals surface area contributed by atoms with Crippen LogP contribution in [0.5, 0.6) is 5.75 Å². The first kappa shape index (κ1) is 37.5. The zero-order valence-electron chi connectivity index (χ0n) is 28.0. The third-order valence-electron chi connectivity index (χ3n) is 7.81. The Morgan fingerprint density at radius 1 is 1.08 bits per heavy atom. The molecule has 15 heteroatoms. The maximum Gasteiger partial charge on any atom is 0.269 e. The quantitative estimate of drug-likeness (QED) is 0.114. The Morgan fingerprint density at radius 2 is 1.76 bits per heavy atom. The molecule has 2 heterocycles. The van der Waals surface area contributed by atoms with Gasteiger partial charge in [-0.1, -0.05) is 45.0 Å². The number of nitro groups is 1. The van der Waals surface area contributed by atoms with E-state index in [0.29, 0.717) is 5.75 Å². The standard InChI is InChI=1S/C34H43N5O9S/c1-22-30(49-21-36-22)24-7-5-23(6-8-24)19-38(32(42)28-17-26(40)18-35-28)33(43)31(34(2,3)4)37-29(41)20-47-14-13-46-15-16-48-27-11-9-25(10-12-27)39(44)45/h5-12,21,26,28,31,35,40H,13-20H2,1-4H3,(H,37,41)/t26?,28?,31-/m1/s1. The highest BCUT2D eigenvalue weighted by Gasteiger charge is 2.41. The van der Waals surface area contributed by atoms with Crippen molar-refractivity contribution in [2.45, 2.75) is 58.8 Å². The smallest absolute Gasteiger partial charge is 0.269 e. The Balaban J connectivity index is 1.31. The molecular weight excluding hydrogens is 654 g/mol. The van der Waals surface area contributed by atoms with Gasteiger partial charge in [0.1, 0.15) is 25.0 Å². The number of aryl methyl sites for hydroxylation is 1. The fraction of sp³-hybridized carbons (Fsp3) is 0.471. The van der Waals surface area contributed by atoms with Gasteiger partial charge in [-0.25, -0.2) is 4.98 Å². The summed E-state index contributed by atoms with van der Waals surface area (Å²) in [5.74, 6) is -1.09. The molecule has 3 amide bonds. The van der Waals surface area contributed by atoms with Crippen molar-refractivity contribution in [1.29, 1.82) is 0 Å². The number of non-ortho nitro benzene ring substituents is 1. The van der Waals surface area contributed by atoms with Gasteiger partial charge in [-0.3, -0.25) is 29.4 Å². The van der Waals surface area contributed by atoms with Gasteiger partial charge in [-0.05, 0) is 42.0 Å². The number of carbonyl (C=O) groups excluding carboxylic acids is 3.